The topological polar surface area (TPSA) is 65.8 Å². The number of amides is 2. The second kappa shape index (κ2) is 7.42. The van der Waals surface area contributed by atoms with E-state index in [1.54, 1.807) is 11.0 Å². The predicted molar refractivity (Wildman–Crippen MR) is 95.9 cm³/mol. The minimum Gasteiger partial charge on any atom is -0.472 e. The molecule has 0 atom stereocenters. The van der Waals surface area contributed by atoms with Crippen LogP contribution in [0.2, 0.25) is 0 Å². The van der Waals surface area contributed by atoms with Crippen LogP contribution in [0.5, 0.6) is 0 Å². The minimum absolute atomic E-state index is 0.0159. The molecular formula is C19H23N3O3. The fourth-order valence-corrected chi connectivity index (χ4v) is 2.98. The van der Waals surface area contributed by atoms with Crippen molar-refractivity contribution in [2.75, 3.05) is 32.1 Å². The molecule has 1 aliphatic rings. The zero-order valence-electron chi connectivity index (χ0n) is 14.6. The third-order valence-corrected chi connectivity index (χ3v) is 4.53. The lowest BCUT2D eigenvalue weighted by atomic mass is 10.0. The monoisotopic (exact) mass is 341 g/mol. The number of benzene rings is 1. The molecule has 6 heteroatoms. The molecular weight excluding hydrogens is 318 g/mol. The summed E-state index contributed by atoms with van der Waals surface area (Å²) in [6.45, 7) is 1.27. The van der Waals surface area contributed by atoms with Gasteiger partial charge in [-0.15, -0.1) is 0 Å². The molecule has 1 aromatic heterocycles. The molecule has 0 spiro atoms. The molecule has 0 radical (unpaired) electrons. The molecule has 1 saturated heterocycles. The first kappa shape index (κ1) is 17.1. The van der Waals surface area contributed by atoms with Gasteiger partial charge in [-0.2, -0.15) is 0 Å². The Bertz CT molecular complexity index is 715. The zero-order valence-corrected chi connectivity index (χ0v) is 14.6. The quantitative estimate of drug-likeness (QED) is 0.927. The largest absolute Gasteiger partial charge is 0.472 e. The summed E-state index contributed by atoms with van der Waals surface area (Å²) in [4.78, 5) is 28.5. The van der Waals surface area contributed by atoms with Gasteiger partial charge >= 0.3 is 0 Å². The van der Waals surface area contributed by atoms with Crippen molar-refractivity contribution in [1.29, 1.82) is 0 Å². The lowest BCUT2D eigenvalue weighted by Crippen LogP contribution is -2.46. The molecule has 132 valence electrons. The number of carbonyl (C=O) groups excluding carboxylic acids is 2. The van der Waals surface area contributed by atoms with Crippen LogP contribution in [0.3, 0.4) is 0 Å². The number of likely N-dealkylation sites (tertiary alicyclic amines) is 1. The molecule has 0 aliphatic carbocycles. The number of nitrogens with zero attached hydrogens (tertiary/aromatic N) is 2. The van der Waals surface area contributed by atoms with Gasteiger partial charge in [0.05, 0.1) is 11.8 Å². The molecule has 0 unspecified atom stereocenters. The van der Waals surface area contributed by atoms with E-state index < -0.39 is 0 Å². The Morgan fingerprint density at radius 3 is 2.32 bits per heavy atom. The van der Waals surface area contributed by atoms with Crippen LogP contribution in [0.1, 0.15) is 33.6 Å². The van der Waals surface area contributed by atoms with E-state index in [0.717, 1.165) is 18.5 Å². The summed E-state index contributed by atoms with van der Waals surface area (Å²) in [6.07, 6.45) is 4.48. The fraction of sp³-hybridized carbons (Fsp3) is 0.368. The molecule has 25 heavy (non-hydrogen) atoms. The SMILES string of the molecule is CN(C)c1ccc(C(=O)NC2CCN(C(=O)c3ccoc3)CC2)cc1. The Balaban J connectivity index is 1.51. The van der Waals surface area contributed by atoms with Crippen LogP contribution in [-0.4, -0.2) is 49.9 Å². The Morgan fingerprint density at radius 2 is 1.76 bits per heavy atom. The highest BCUT2D eigenvalue weighted by Crippen LogP contribution is 2.16. The zero-order chi connectivity index (χ0) is 17.8. The average Bonchev–Trinajstić information content (AvgIpc) is 3.16. The lowest BCUT2D eigenvalue weighted by Gasteiger charge is -2.32. The van der Waals surface area contributed by atoms with E-state index in [2.05, 4.69) is 5.32 Å². The maximum atomic E-state index is 12.4. The van der Waals surface area contributed by atoms with E-state index >= 15 is 0 Å². The first-order chi connectivity index (χ1) is 12.0. The summed E-state index contributed by atoms with van der Waals surface area (Å²) < 4.78 is 4.96. The van der Waals surface area contributed by atoms with Crippen molar-refractivity contribution in [3.63, 3.8) is 0 Å². The molecule has 1 aliphatic heterocycles. The Hall–Kier alpha value is -2.76. The fourth-order valence-electron chi connectivity index (χ4n) is 2.98. The number of furan rings is 1. The van der Waals surface area contributed by atoms with Crippen LogP contribution in [0, 0.1) is 0 Å². The molecule has 3 rings (SSSR count). The van der Waals surface area contributed by atoms with Crippen molar-refractivity contribution in [2.45, 2.75) is 18.9 Å². The lowest BCUT2D eigenvalue weighted by molar-refractivity contribution is 0.0697. The molecule has 1 aromatic carbocycles. The first-order valence-electron chi connectivity index (χ1n) is 8.44. The molecule has 2 aromatic rings. The first-order valence-corrected chi connectivity index (χ1v) is 8.44. The summed E-state index contributed by atoms with van der Waals surface area (Å²) in [5.74, 6) is -0.0808. The van der Waals surface area contributed by atoms with Crippen molar-refractivity contribution in [1.82, 2.24) is 10.2 Å². The molecule has 1 fully saturated rings. The number of nitrogens with one attached hydrogen (secondary N) is 1. The second-order valence-corrected chi connectivity index (χ2v) is 6.49. The van der Waals surface area contributed by atoms with Gasteiger partial charge in [-0.1, -0.05) is 0 Å². The second-order valence-electron chi connectivity index (χ2n) is 6.49. The average molecular weight is 341 g/mol. The van der Waals surface area contributed by atoms with Gasteiger partial charge in [-0.05, 0) is 43.2 Å². The summed E-state index contributed by atoms with van der Waals surface area (Å²) in [5.41, 5.74) is 2.29. The minimum atomic E-state index is -0.0649. The molecule has 6 nitrogen and oxygen atoms in total. The van der Waals surface area contributed by atoms with Crippen molar-refractivity contribution < 1.29 is 14.0 Å². The third-order valence-electron chi connectivity index (χ3n) is 4.53. The number of anilines is 1. The van der Waals surface area contributed by atoms with Crippen LogP contribution < -0.4 is 10.2 Å². The Morgan fingerprint density at radius 1 is 1.08 bits per heavy atom. The predicted octanol–water partition coefficient (Wildman–Crippen LogP) is 2.38. The van der Waals surface area contributed by atoms with Crippen molar-refractivity contribution in [3.8, 4) is 0 Å². The van der Waals surface area contributed by atoms with Gasteiger partial charge < -0.3 is 19.5 Å². The summed E-state index contributed by atoms with van der Waals surface area (Å²) >= 11 is 0. The van der Waals surface area contributed by atoms with Crippen LogP contribution in [0.25, 0.3) is 0 Å². The summed E-state index contributed by atoms with van der Waals surface area (Å²) in [6, 6.07) is 9.30. The van der Waals surface area contributed by atoms with Crippen molar-refractivity contribution in [2.24, 2.45) is 0 Å². The van der Waals surface area contributed by atoms with Crippen LogP contribution >= 0.6 is 0 Å². The highest BCUT2D eigenvalue weighted by Gasteiger charge is 2.25. The van der Waals surface area contributed by atoms with Crippen LogP contribution in [-0.2, 0) is 0 Å². The van der Waals surface area contributed by atoms with Gasteiger partial charge in [-0.25, -0.2) is 0 Å². The number of hydrogen-bond donors (Lipinski definition) is 1. The molecule has 0 bridgehead atoms. The summed E-state index contributed by atoms with van der Waals surface area (Å²) in [7, 11) is 3.93. The highest BCUT2D eigenvalue weighted by atomic mass is 16.3. The van der Waals surface area contributed by atoms with E-state index in [9.17, 15) is 9.59 Å². The number of rotatable bonds is 4. The standard InChI is InChI=1S/C19H23N3O3/c1-21(2)17-5-3-14(4-6-17)18(23)20-16-7-10-22(11-8-16)19(24)15-9-12-25-13-15/h3-6,9,12-13,16H,7-8,10-11H2,1-2H3,(H,20,23). The van der Waals surface area contributed by atoms with E-state index in [0.29, 0.717) is 24.2 Å². The Labute approximate surface area is 147 Å². The Kier molecular flexibility index (Phi) is 5.07. The van der Waals surface area contributed by atoms with Gasteiger partial charge in [0.15, 0.2) is 0 Å². The van der Waals surface area contributed by atoms with Gasteiger partial charge in [0.1, 0.15) is 6.26 Å². The molecule has 1 N–H and O–H groups in total. The normalized spacial score (nSPS) is 15.0. The summed E-state index contributed by atoms with van der Waals surface area (Å²) in [5, 5.41) is 3.07. The van der Waals surface area contributed by atoms with Crippen LogP contribution in [0.4, 0.5) is 5.69 Å². The van der Waals surface area contributed by atoms with Crippen molar-refractivity contribution in [3.05, 3.63) is 54.0 Å². The van der Waals surface area contributed by atoms with E-state index in [1.165, 1.54) is 12.5 Å². The van der Waals surface area contributed by atoms with Crippen LogP contribution in [0.15, 0.2) is 47.3 Å². The molecule has 2 amide bonds. The highest BCUT2D eigenvalue weighted by molar-refractivity contribution is 5.95. The maximum Gasteiger partial charge on any atom is 0.257 e. The van der Waals surface area contributed by atoms with Gasteiger partial charge in [0.2, 0.25) is 0 Å². The van der Waals surface area contributed by atoms with Gasteiger partial charge in [-0.3, -0.25) is 9.59 Å². The maximum absolute atomic E-state index is 12.4. The third kappa shape index (κ3) is 4.02. The molecule has 0 saturated carbocycles. The van der Waals surface area contributed by atoms with Crippen molar-refractivity contribution >= 4 is 17.5 Å². The smallest absolute Gasteiger partial charge is 0.257 e. The van der Waals surface area contributed by atoms with E-state index in [-0.39, 0.29) is 17.9 Å². The van der Waals surface area contributed by atoms with E-state index in [1.807, 2.05) is 43.3 Å². The van der Waals surface area contributed by atoms with E-state index in [4.69, 9.17) is 4.42 Å². The number of piperidine rings is 1. The van der Waals surface area contributed by atoms with Gasteiger partial charge in [0.25, 0.3) is 11.8 Å². The number of hydrogen-bond acceptors (Lipinski definition) is 4. The van der Waals surface area contributed by atoms with Gasteiger partial charge in [0, 0.05) is 44.5 Å². The molecule has 2 heterocycles. The number of carbonyl (C=O) groups is 2.